The molecule has 0 aromatic carbocycles. The third kappa shape index (κ3) is 1.78. The SMILES string of the molecule is CC(C)(CCO)N1C(=O)C=CC1=O. The number of hydrogen-bond donors (Lipinski definition) is 1. The summed E-state index contributed by atoms with van der Waals surface area (Å²) in [5.41, 5.74) is -0.605. The molecule has 0 atom stereocenters. The monoisotopic (exact) mass is 183 g/mol. The van der Waals surface area contributed by atoms with Crippen molar-refractivity contribution in [1.82, 2.24) is 4.90 Å². The van der Waals surface area contributed by atoms with E-state index in [1.807, 2.05) is 0 Å². The Balaban J connectivity index is 2.82. The summed E-state index contributed by atoms with van der Waals surface area (Å²) in [5, 5.41) is 8.77. The van der Waals surface area contributed by atoms with Gasteiger partial charge in [-0.3, -0.25) is 14.5 Å². The predicted octanol–water partition coefficient (Wildman–Crippen LogP) is 0.0724. The zero-order chi connectivity index (χ0) is 10.1. The van der Waals surface area contributed by atoms with Crippen LogP contribution in [0.4, 0.5) is 0 Å². The minimum atomic E-state index is -0.605. The largest absolute Gasteiger partial charge is 0.396 e. The number of amides is 2. The first-order chi connectivity index (χ1) is 5.99. The Bertz CT molecular complexity index is 250. The molecule has 13 heavy (non-hydrogen) atoms. The van der Waals surface area contributed by atoms with Crippen molar-refractivity contribution in [2.75, 3.05) is 6.61 Å². The van der Waals surface area contributed by atoms with Crippen molar-refractivity contribution in [2.45, 2.75) is 25.8 Å². The highest BCUT2D eigenvalue weighted by molar-refractivity contribution is 6.13. The van der Waals surface area contributed by atoms with Crippen LogP contribution in [-0.4, -0.2) is 34.0 Å². The molecule has 0 aliphatic carbocycles. The molecule has 0 aromatic heterocycles. The summed E-state index contributed by atoms with van der Waals surface area (Å²) in [6.07, 6.45) is 2.90. The molecule has 0 saturated carbocycles. The maximum absolute atomic E-state index is 11.2. The molecule has 0 bridgehead atoms. The average molecular weight is 183 g/mol. The van der Waals surface area contributed by atoms with E-state index in [0.29, 0.717) is 6.42 Å². The Hall–Kier alpha value is -1.16. The van der Waals surface area contributed by atoms with E-state index in [1.54, 1.807) is 13.8 Å². The number of imide groups is 1. The van der Waals surface area contributed by atoms with Crippen LogP contribution in [0.1, 0.15) is 20.3 Å². The molecule has 0 radical (unpaired) electrons. The predicted molar refractivity (Wildman–Crippen MR) is 46.8 cm³/mol. The van der Waals surface area contributed by atoms with Gasteiger partial charge in [-0.1, -0.05) is 0 Å². The zero-order valence-corrected chi connectivity index (χ0v) is 7.78. The van der Waals surface area contributed by atoms with E-state index < -0.39 is 5.54 Å². The molecule has 0 aromatic rings. The molecule has 0 fully saturated rings. The fourth-order valence-corrected chi connectivity index (χ4v) is 1.38. The lowest BCUT2D eigenvalue weighted by molar-refractivity contribution is -0.143. The van der Waals surface area contributed by atoms with Crippen LogP contribution < -0.4 is 0 Å². The van der Waals surface area contributed by atoms with Crippen LogP contribution in [0.25, 0.3) is 0 Å². The number of aliphatic hydroxyl groups is 1. The number of nitrogens with zero attached hydrogens (tertiary/aromatic N) is 1. The number of carbonyl (C=O) groups is 2. The molecule has 0 saturated heterocycles. The Morgan fingerprint density at radius 2 is 1.77 bits per heavy atom. The number of aliphatic hydroxyl groups excluding tert-OH is 1. The number of rotatable bonds is 3. The lowest BCUT2D eigenvalue weighted by Gasteiger charge is -2.33. The second-order valence-corrected chi connectivity index (χ2v) is 3.63. The van der Waals surface area contributed by atoms with Crippen LogP contribution in [0, 0.1) is 0 Å². The summed E-state index contributed by atoms with van der Waals surface area (Å²) >= 11 is 0. The summed E-state index contributed by atoms with van der Waals surface area (Å²) < 4.78 is 0. The fourth-order valence-electron chi connectivity index (χ4n) is 1.38. The van der Waals surface area contributed by atoms with Gasteiger partial charge in [0.1, 0.15) is 0 Å². The van der Waals surface area contributed by atoms with E-state index >= 15 is 0 Å². The van der Waals surface area contributed by atoms with Crippen molar-refractivity contribution in [3.8, 4) is 0 Å². The quantitative estimate of drug-likeness (QED) is 0.630. The van der Waals surface area contributed by atoms with Crippen molar-refractivity contribution in [3.05, 3.63) is 12.2 Å². The minimum absolute atomic E-state index is 0.0376. The lowest BCUT2D eigenvalue weighted by Crippen LogP contribution is -2.48. The van der Waals surface area contributed by atoms with E-state index in [0.717, 1.165) is 0 Å². The van der Waals surface area contributed by atoms with Crippen molar-refractivity contribution in [3.63, 3.8) is 0 Å². The minimum Gasteiger partial charge on any atom is -0.396 e. The van der Waals surface area contributed by atoms with Crippen molar-refractivity contribution in [2.24, 2.45) is 0 Å². The molecule has 4 nitrogen and oxygen atoms in total. The van der Waals surface area contributed by atoms with Gasteiger partial charge in [-0.15, -0.1) is 0 Å². The third-order valence-corrected chi connectivity index (χ3v) is 2.14. The highest BCUT2D eigenvalue weighted by Gasteiger charge is 2.36. The van der Waals surface area contributed by atoms with E-state index in [-0.39, 0.29) is 18.4 Å². The van der Waals surface area contributed by atoms with E-state index in [9.17, 15) is 9.59 Å². The van der Waals surface area contributed by atoms with Crippen molar-refractivity contribution < 1.29 is 14.7 Å². The summed E-state index contributed by atoms with van der Waals surface area (Å²) in [5.74, 6) is -0.605. The van der Waals surface area contributed by atoms with Crippen molar-refractivity contribution in [1.29, 1.82) is 0 Å². The first-order valence-corrected chi connectivity index (χ1v) is 4.16. The van der Waals surface area contributed by atoms with E-state index in [1.165, 1.54) is 17.1 Å². The van der Waals surface area contributed by atoms with Gasteiger partial charge in [0, 0.05) is 24.3 Å². The second-order valence-electron chi connectivity index (χ2n) is 3.63. The molecule has 1 aliphatic rings. The Kier molecular flexibility index (Phi) is 2.52. The third-order valence-electron chi connectivity index (χ3n) is 2.14. The highest BCUT2D eigenvalue weighted by Crippen LogP contribution is 2.22. The van der Waals surface area contributed by atoms with Crippen LogP contribution in [-0.2, 0) is 9.59 Å². The van der Waals surface area contributed by atoms with Gasteiger partial charge in [0.2, 0.25) is 0 Å². The van der Waals surface area contributed by atoms with E-state index in [2.05, 4.69) is 0 Å². The smallest absolute Gasteiger partial charge is 0.254 e. The van der Waals surface area contributed by atoms with Gasteiger partial charge >= 0.3 is 0 Å². The summed E-state index contributed by atoms with van der Waals surface area (Å²) in [4.78, 5) is 23.7. The summed E-state index contributed by atoms with van der Waals surface area (Å²) in [7, 11) is 0. The summed E-state index contributed by atoms with van der Waals surface area (Å²) in [6, 6.07) is 0. The number of hydrogen-bond acceptors (Lipinski definition) is 3. The number of carbonyl (C=O) groups excluding carboxylic acids is 2. The fraction of sp³-hybridized carbons (Fsp3) is 0.556. The Morgan fingerprint density at radius 1 is 1.31 bits per heavy atom. The maximum Gasteiger partial charge on any atom is 0.254 e. The Labute approximate surface area is 76.8 Å². The molecule has 1 N–H and O–H groups in total. The molecule has 1 aliphatic heterocycles. The molecule has 4 heteroatoms. The van der Waals surface area contributed by atoms with Crippen LogP contribution in [0.5, 0.6) is 0 Å². The molecular formula is C9H13NO3. The first-order valence-electron chi connectivity index (χ1n) is 4.16. The van der Waals surface area contributed by atoms with E-state index in [4.69, 9.17) is 5.11 Å². The molecule has 1 heterocycles. The van der Waals surface area contributed by atoms with Gasteiger partial charge in [0.25, 0.3) is 11.8 Å². The Morgan fingerprint density at radius 3 is 2.15 bits per heavy atom. The van der Waals surface area contributed by atoms with Crippen LogP contribution in [0.3, 0.4) is 0 Å². The van der Waals surface area contributed by atoms with Gasteiger partial charge < -0.3 is 5.11 Å². The zero-order valence-electron chi connectivity index (χ0n) is 7.78. The molecule has 72 valence electrons. The molecular weight excluding hydrogens is 170 g/mol. The standard InChI is InChI=1S/C9H13NO3/c1-9(2,5-6-11)10-7(12)3-4-8(10)13/h3-4,11H,5-6H2,1-2H3. The summed E-state index contributed by atoms with van der Waals surface area (Å²) in [6.45, 7) is 3.47. The normalized spacial score (nSPS) is 17.3. The first kappa shape index (κ1) is 9.92. The van der Waals surface area contributed by atoms with Gasteiger partial charge in [-0.05, 0) is 20.3 Å². The van der Waals surface area contributed by atoms with Gasteiger partial charge in [0.15, 0.2) is 0 Å². The highest BCUT2D eigenvalue weighted by atomic mass is 16.3. The van der Waals surface area contributed by atoms with Gasteiger partial charge in [-0.25, -0.2) is 0 Å². The molecule has 0 spiro atoms. The van der Waals surface area contributed by atoms with Crippen LogP contribution in [0.15, 0.2) is 12.2 Å². The molecule has 2 amide bonds. The van der Waals surface area contributed by atoms with Gasteiger partial charge in [-0.2, -0.15) is 0 Å². The molecule has 0 unspecified atom stereocenters. The van der Waals surface area contributed by atoms with Crippen LogP contribution >= 0.6 is 0 Å². The lowest BCUT2D eigenvalue weighted by atomic mass is 9.99. The van der Waals surface area contributed by atoms with Crippen LogP contribution in [0.2, 0.25) is 0 Å². The second kappa shape index (κ2) is 3.30. The average Bonchev–Trinajstić information content (AvgIpc) is 2.31. The maximum atomic E-state index is 11.2. The van der Waals surface area contributed by atoms with Crippen molar-refractivity contribution >= 4 is 11.8 Å². The topological polar surface area (TPSA) is 57.6 Å². The van der Waals surface area contributed by atoms with Gasteiger partial charge in [0.05, 0.1) is 0 Å². The molecule has 1 rings (SSSR count).